The fourth-order valence-electron chi connectivity index (χ4n) is 1.02. The van der Waals surface area contributed by atoms with Gasteiger partial charge < -0.3 is 15.5 Å². The van der Waals surface area contributed by atoms with Crippen LogP contribution in [0.25, 0.3) is 0 Å². The highest BCUT2D eigenvalue weighted by atomic mass is 35.5. The smallest absolute Gasteiger partial charge is 0.337 e. The highest BCUT2D eigenvalue weighted by molar-refractivity contribution is 6.35. The number of aliphatic hydroxyl groups excluding tert-OH is 1. The van der Waals surface area contributed by atoms with Crippen LogP contribution in [-0.4, -0.2) is 34.3 Å². The molecule has 0 radical (unpaired) electrons. The van der Waals surface area contributed by atoms with Gasteiger partial charge in [0.25, 0.3) is 0 Å². The summed E-state index contributed by atoms with van der Waals surface area (Å²) >= 11 is 5.81. The second kappa shape index (κ2) is 5.53. The standard InChI is InChI=1S/C9H11ClN2O3/c10-7-6(9(14)15)2-4-12-8(7)11-3-1-5-13/h2,4,13H,1,3,5H2,(H,11,12)(H,14,15). The summed E-state index contributed by atoms with van der Waals surface area (Å²) in [5, 5.41) is 20.3. The summed E-state index contributed by atoms with van der Waals surface area (Å²) < 4.78 is 0. The first kappa shape index (κ1) is 11.7. The third-order valence-corrected chi connectivity index (χ3v) is 2.13. The number of nitrogens with one attached hydrogen (secondary N) is 1. The quantitative estimate of drug-likeness (QED) is 0.663. The van der Waals surface area contributed by atoms with Crippen molar-refractivity contribution in [2.24, 2.45) is 0 Å². The Morgan fingerprint density at radius 3 is 2.93 bits per heavy atom. The molecule has 0 bridgehead atoms. The first-order valence-corrected chi connectivity index (χ1v) is 4.77. The van der Waals surface area contributed by atoms with Crippen molar-refractivity contribution in [2.45, 2.75) is 6.42 Å². The molecule has 0 saturated heterocycles. The minimum Gasteiger partial charge on any atom is -0.478 e. The maximum absolute atomic E-state index is 10.7. The van der Waals surface area contributed by atoms with Gasteiger partial charge in [-0.05, 0) is 12.5 Å². The summed E-state index contributed by atoms with van der Waals surface area (Å²) in [6.07, 6.45) is 1.92. The molecule has 0 fully saturated rings. The molecule has 0 spiro atoms. The topological polar surface area (TPSA) is 82.5 Å². The van der Waals surface area contributed by atoms with Crippen molar-refractivity contribution in [3.63, 3.8) is 0 Å². The molecule has 0 atom stereocenters. The number of halogens is 1. The van der Waals surface area contributed by atoms with Gasteiger partial charge in [0.1, 0.15) is 5.82 Å². The van der Waals surface area contributed by atoms with Crippen molar-refractivity contribution in [3.8, 4) is 0 Å². The van der Waals surface area contributed by atoms with E-state index in [1.54, 1.807) is 0 Å². The van der Waals surface area contributed by atoms with Crippen molar-refractivity contribution < 1.29 is 15.0 Å². The van der Waals surface area contributed by atoms with Crippen LogP contribution in [0.2, 0.25) is 5.02 Å². The summed E-state index contributed by atoms with van der Waals surface area (Å²) in [6, 6.07) is 1.34. The number of hydrogen-bond acceptors (Lipinski definition) is 4. The monoisotopic (exact) mass is 230 g/mol. The van der Waals surface area contributed by atoms with Crippen LogP contribution in [0.3, 0.4) is 0 Å². The molecule has 6 heteroatoms. The fraction of sp³-hybridized carbons (Fsp3) is 0.333. The van der Waals surface area contributed by atoms with E-state index in [4.69, 9.17) is 21.8 Å². The van der Waals surface area contributed by atoms with Gasteiger partial charge in [0.2, 0.25) is 0 Å². The van der Waals surface area contributed by atoms with Crippen molar-refractivity contribution >= 4 is 23.4 Å². The Balaban J connectivity index is 2.80. The lowest BCUT2D eigenvalue weighted by Gasteiger charge is -2.07. The number of carboxylic acid groups (broad SMARTS) is 1. The summed E-state index contributed by atoms with van der Waals surface area (Å²) in [7, 11) is 0. The molecule has 15 heavy (non-hydrogen) atoms. The molecule has 0 aliphatic carbocycles. The number of carbonyl (C=O) groups is 1. The van der Waals surface area contributed by atoms with Crippen LogP contribution in [0, 0.1) is 0 Å². The molecule has 1 rings (SSSR count). The summed E-state index contributed by atoms with van der Waals surface area (Å²) in [6.45, 7) is 0.551. The minimum absolute atomic E-state index is 0.0122. The number of pyridine rings is 1. The third-order valence-electron chi connectivity index (χ3n) is 1.75. The van der Waals surface area contributed by atoms with Gasteiger partial charge in [0, 0.05) is 19.3 Å². The van der Waals surface area contributed by atoms with Crippen LogP contribution in [0.4, 0.5) is 5.82 Å². The number of anilines is 1. The highest BCUT2D eigenvalue weighted by Gasteiger charge is 2.12. The molecule has 0 aliphatic rings. The van der Waals surface area contributed by atoms with Crippen LogP contribution in [0.1, 0.15) is 16.8 Å². The van der Waals surface area contributed by atoms with Crippen molar-refractivity contribution in [3.05, 3.63) is 22.8 Å². The van der Waals surface area contributed by atoms with Crippen LogP contribution in [0.5, 0.6) is 0 Å². The maximum atomic E-state index is 10.7. The van der Waals surface area contributed by atoms with Gasteiger partial charge in [-0.25, -0.2) is 9.78 Å². The zero-order valence-electron chi connectivity index (χ0n) is 7.90. The van der Waals surface area contributed by atoms with Gasteiger partial charge in [0.15, 0.2) is 0 Å². The lowest BCUT2D eigenvalue weighted by Crippen LogP contribution is -2.07. The molecule has 5 nitrogen and oxygen atoms in total. The first-order chi connectivity index (χ1) is 7.16. The van der Waals surface area contributed by atoms with E-state index >= 15 is 0 Å². The summed E-state index contributed by atoms with van der Waals surface area (Å²) in [4.78, 5) is 14.6. The van der Waals surface area contributed by atoms with Gasteiger partial charge in [0.05, 0.1) is 10.6 Å². The molecule has 0 amide bonds. The molecule has 0 aliphatic heterocycles. The number of aliphatic hydroxyl groups is 1. The second-order valence-corrected chi connectivity index (χ2v) is 3.21. The summed E-state index contributed by atoms with van der Waals surface area (Å²) in [5.74, 6) is -0.766. The van der Waals surface area contributed by atoms with Crippen LogP contribution < -0.4 is 5.32 Å². The fourth-order valence-corrected chi connectivity index (χ4v) is 1.28. The average Bonchev–Trinajstić information content (AvgIpc) is 2.20. The van der Waals surface area contributed by atoms with Crippen molar-refractivity contribution in [2.75, 3.05) is 18.5 Å². The molecule has 1 aromatic heterocycles. The predicted molar refractivity (Wildman–Crippen MR) is 56.4 cm³/mol. The van der Waals surface area contributed by atoms with Gasteiger partial charge >= 0.3 is 5.97 Å². The third kappa shape index (κ3) is 3.07. The van der Waals surface area contributed by atoms with Gasteiger partial charge in [-0.2, -0.15) is 0 Å². The number of hydrogen-bond donors (Lipinski definition) is 3. The van der Waals surface area contributed by atoms with Crippen LogP contribution >= 0.6 is 11.6 Å². The Labute approximate surface area is 91.7 Å². The molecule has 0 unspecified atom stereocenters. The number of carboxylic acids is 1. The predicted octanol–water partition coefficient (Wildman–Crippen LogP) is 1.23. The number of nitrogens with zero attached hydrogens (tertiary/aromatic N) is 1. The van der Waals surface area contributed by atoms with Crippen LogP contribution in [0.15, 0.2) is 12.3 Å². The van der Waals surface area contributed by atoms with E-state index in [0.29, 0.717) is 18.8 Å². The SMILES string of the molecule is O=C(O)c1ccnc(NCCCO)c1Cl. The van der Waals surface area contributed by atoms with E-state index in [2.05, 4.69) is 10.3 Å². The van der Waals surface area contributed by atoms with E-state index in [0.717, 1.165) is 0 Å². The van der Waals surface area contributed by atoms with Gasteiger partial charge in [-0.3, -0.25) is 0 Å². The van der Waals surface area contributed by atoms with E-state index in [-0.39, 0.29) is 17.2 Å². The lowest BCUT2D eigenvalue weighted by molar-refractivity contribution is 0.0697. The highest BCUT2D eigenvalue weighted by Crippen LogP contribution is 2.23. The molecule has 0 saturated carbocycles. The van der Waals surface area contributed by atoms with E-state index in [1.807, 2.05) is 0 Å². The second-order valence-electron chi connectivity index (χ2n) is 2.83. The molecular weight excluding hydrogens is 220 g/mol. The Bertz CT molecular complexity index is 357. The Morgan fingerprint density at radius 1 is 1.60 bits per heavy atom. The number of aromatic carboxylic acids is 1. The molecule has 3 N–H and O–H groups in total. The molecule has 1 heterocycles. The molecule has 0 aromatic carbocycles. The number of rotatable bonds is 5. The van der Waals surface area contributed by atoms with Crippen molar-refractivity contribution in [1.29, 1.82) is 0 Å². The van der Waals surface area contributed by atoms with E-state index < -0.39 is 5.97 Å². The van der Waals surface area contributed by atoms with E-state index in [9.17, 15) is 4.79 Å². The Kier molecular flexibility index (Phi) is 4.33. The van der Waals surface area contributed by atoms with Gasteiger partial charge in [-0.15, -0.1) is 0 Å². The largest absolute Gasteiger partial charge is 0.478 e. The van der Waals surface area contributed by atoms with Crippen LogP contribution in [-0.2, 0) is 0 Å². The summed E-state index contributed by atoms with van der Waals surface area (Å²) in [5.41, 5.74) is 0.0122. The van der Waals surface area contributed by atoms with Gasteiger partial charge in [-0.1, -0.05) is 11.6 Å². The maximum Gasteiger partial charge on any atom is 0.337 e. The average molecular weight is 231 g/mol. The minimum atomic E-state index is -1.09. The normalized spacial score (nSPS) is 10.0. The zero-order chi connectivity index (χ0) is 11.3. The van der Waals surface area contributed by atoms with Crippen molar-refractivity contribution in [1.82, 2.24) is 4.98 Å². The van der Waals surface area contributed by atoms with E-state index in [1.165, 1.54) is 12.3 Å². The molecule has 1 aromatic rings. The molecule has 82 valence electrons. The number of aromatic nitrogens is 1. The lowest BCUT2D eigenvalue weighted by atomic mass is 10.2. The zero-order valence-corrected chi connectivity index (χ0v) is 8.66. The Morgan fingerprint density at radius 2 is 2.33 bits per heavy atom. The Hall–Kier alpha value is -1.33. The molecular formula is C9H11ClN2O3. The first-order valence-electron chi connectivity index (χ1n) is 4.39.